The average Bonchev–Trinajstić information content (AvgIpc) is 3.12. The molecule has 2 aromatic heterocycles. The Morgan fingerprint density at radius 2 is 2.00 bits per heavy atom. The average molecular weight is 339 g/mol. The van der Waals surface area contributed by atoms with Gasteiger partial charge in [-0.2, -0.15) is 0 Å². The van der Waals surface area contributed by atoms with Gasteiger partial charge in [0.15, 0.2) is 0 Å². The van der Waals surface area contributed by atoms with Crippen molar-refractivity contribution in [1.82, 2.24) is 14.5 Å². The highest BCUT2D eigenvalue weighted by Crippen LogP contribution is 2.20. The number of halogens is 1. The number of carbonyl (C=O) groups is 2. The van der Waals surface area contributed by atoms with Crippen molar-refractivity contribution in [3.63, 3.8) is 0 Å². The Morgan fingerprint density at radius 3 is 2.64 bits per heavy atom. The Balaban J connectivity index is 1.75. The first-order valence-electron chi connectivity index (χ1n) is 7.36. The molecule has 2 amide bonds. The largest absolute Gasteiger partial charge is 0.324 e. The Hall–Kier alpha value is -3.55. The van der Waals surface area contributed by atoms with Crippen LogP contribution in [-0.4, -0.2) is 26.3 Å². The molecule has 0 saturated heterocycles. The zero-order valence-corrected chi connectivity index (χ0v) is 13.2. The molecule has 0 fully saturated rings. The number of imidazole rings is 1. The van der Waals surface area contributed by atoms with Crippen molar-refractivity contribution in [3.05, 3.63) is 66.6 Å². The molecule has 0 radical (unpaired) electrons. The van der Waals surface area contributed by atoms with Crippen molar-refractivity contribution < 1.29 is 14.0 Å². The number of hydrogen-bond acceptors (Lipinski definition) is 4. The van der Waals surface area contributed by atoms with Crippen LogP contribution in [0.2, 0.25) is 0 Å². The zero-order chi connectivity index (χ0) is 17.8. The molecule has 0 aliphatic carbocycles. The summed E-state index contributed by atoms with van der Waals surface area (Å²) in [4.78, 5) is 31.5. The molecule has 7 nitrogen and oxygen atoms in total. The molecule has 0 unspecified atom stereocenters. The summed E-state index contributed by atoms with van der Waals surface area (Å²) in [5.41, 5.74) is 0.696. The number of carbonyl (C=O) groups excluding carboxylic acids is 2. The van der Waals surface area contributed by atoms with Crippen LogP contribution in [-0.2, 0) is 4.79 Å². The Labute approximate surface area is 142 Å². The third-order valence-corrected chi connectivity index (χ3v) is 3.31. The van der Waals surface area contributed by atoms with Gasteiger partial charge in [-0.3, -0.25) is 14.2 Å². The summed E-state index contributed by atoms with van der Waals surface area (Å²) < 4.78 is 15.3. The van der Waals surface area contributed by atoms with Crippen molar-refractivity contribution in [2.75, 3.05) is 10.6 Å². The lowest BCUT2D eigenvalue weighted by atomic mass is 10.2. The molecular weight excluding hydrogens is 325 g/mol. The van der Waals surface area contributed by atoms with E-state index in [1.54, 1.807) is 35.4 Å². The fourth-order valence-corrected chi connectivity index (χ4v) is 2.16. The summed E-state index contributed by atoms with van der Waals surface area (Å²) in [5, 5.41) is 5.00. The van der Waals surface area contributed by atoms with Crippen molar-refractivity contribution in [2.45, 2.75) is 6.92 Å². The smallest absolute Gasteiger partial charge is 0.257 e. The molecule has 126 valence electrons. The zero-order valence-electron chi connectivity index (χ0n) is 13.2. The Morgan fingerprint density at radius 1 is 1.16 bits per heavy atom. The topological polar surface area (TPSA) is 88.9 Å². The van der Waals surface area contributed by atoms with Crippen molar-refractivity contribution in [2.24, 2.45) is 0 Å². The standard InChI is InChI=1S/C17H14FN5O2/c1-11(24)21-15-8-13(3-4-14(15)18)22-17(25)12-2-5-16(20-9-12)23-7-6-19-10-23/h2-10H,1H3,(H,21,24)(H,22,25). The van der Waals surface area contributed by atoms with Crippen LogP contribution in [0.3, 0.4) is 0 Å². The molecule has 0 aliphatic rings. The second-order valence-electron chi connectivity index (χ2n) is 5.20. The number of amides is 2. The third-order valence-electron chi connectivity index (χ3n) is 3.31. The van der Waals surface area contributed by atoms with E-state index in [4.69, 9.17) is 0 Å². The van der Waals surface area contributed by atoms with Gasteiger partial charge in [-0.1, -0.05) is 0 Å². The van der Waals surface area contributed by atoms with Crippen molar-refractivity contribution >= 4 is 23.2 Å². The minimum absolute atomic E-state index is 0.00104. The van der Waals surface area contributed by atoms with Gasteiger partial charge in [-0.25, -0.2) is 14.4 Å². The number of nitrogens with zero attached hydrogens (tertiary/aromatic N) is 3. The maximum atomic E-state index is 13.6. The highest BCUT2D eigenvalue weighted by molar-refractivity contribution is 6.04. The lowest BCUT2D eigenvalue weighted by Crippen LogP contribution is -2.13. The van der Waals surface area contributed by atoms with E-state index in [-0.39, 0.29) is 5.69 Å². The summed E-state index contributed by atoms with van der Waals surface area (Å²) >= 11 is 0. The van der Waals surface area contributed by atoms with Crippen LogP contribution in [0, 0.1) is 5.82 Å². The fraction of sp³-hybridized carbons (Fsp3) is 0.0588. The van der Waals surface area contributed by atoms with Crippen LogP contribution >= 0.6 is 0 Å². The maximum absolute atomic E-state index is 13.6. The van der Waals surface area contributed by atoms with E-state index in [1.807, 2.05) is 0 Å². The summed E-state index contributed by atoms with van der Waals surface area (Å²) in [6.45, 7) is 1.28. The summed E-state index contributed by atoms with van der Waals surface area (Å²) in [7, 11) is 0. The summed E-state index contributed by atoms with van der Waals surface area (Å²) in [6, 6.07) is 7.23. The predicted octanol–water partition coefficient (Wildman–Crippen LogP) is 2.62. The highest BCUT2D eigenvalue weighted by atomic mass is 19.1. The van der Waals surface area contributed by atoms with Gasteiger partial charge in [0.25, 0.3) is 5.91 Å². The van der Waals surface area contributed by atoms with Crippen molar-refractivity contribution in [3.8, 4) is 5.82 Å². The minimum atomic E-state index is -0.584. The molecule has 0 spiro atoms. The SMILES string of the molecule is CC(=O)Nc1cc(NC(=O)c2ccc(-n3ccnc3)nc2)ccc1F. The Bertz CT molecular complexity index is 907. The minimum Gasteiger partial charge on any atom is -0.324 e. The van der Waals surface area contributed by atoms with E-state index < -0.39 is 17.6 Å². The number of hydrogen-bond donors (Lipinski definition) is 2. The van der Waals surface area contributed by atoms with Crippen LogP contribution in [0.15, 0.2) is 55.2 Å². The molecule has 0 bridgehead atoms. The van der Waals surface area contributed by atoms with Gasteiger partial charge in [0.05, 0.1) is 11.3 Å². The number of rotatable bonds is 4. The van der Waals surface area contributed by atoms with E-state index in [9.17, 15) is 14.0 Å². The predicted molar refractivity (Wildman–Crippen MR) is 90.0 cm³/mol. The molecule has 0 atom stereocenters. The quantitative estimate of drug-likeness (QED) is 0.765. The first-order chi connectivity index (χ1) is 12.0. The van der Waals surface area contributed by atoms with Gasteiger partial charge in [-0.15, -0.1) is 0 Å². The highest BCUT2D eigenvalue weighted by Gasteiger charge is 2.10. The number of nitrogens with one attached hydrogen (secondary N) is 2. The van der Waals surface area contributed by atoms with Crippen LogP contribution in [0.5, 0.6) is 0 Å². The second-order valence-corrected chi connectivity index (χ2v) is 5.20. The van der Waals surface area contributed by atoms with Crippen molar-refractivity contribution in [1.29, 1.82) is 0 Å². The van der Waals surface area contributed by atoms with Gasteiger partial charge in [0.1, 0.15) is 18.0 Å². The van der Waals surface area contributed by atoms with Crippen LogP contribution in [0.4, 0.5) is 15.8 Å². The molecule has 3 rings (SSSR count). The maximum Gasteiger partial charge on any atom is 0.257 e. The molecule has 1 aromatic carbocycles. The molecule has 25 heavy (non-hydrogen) atoms. The monoisotopic (exact) mass is 339 g/mol. The van der Waals surface area contributed by atoms with Crippen LogP contribution in [0.25, 0.3) is 5.82 Å². The number of benzene rings is 1. The van der Waals surface area contributed by atoms with Gasteiger partial charge < -0.3 is 10.6 Å². The number of anilines is 2. The van der Waals surface area contributed by atoms with Crippen LogP contribution < -0.4 is 10.6 Å². The molecule has 8 heteroatoms. The summed E-state index contributed by atoms with van der Waals surface area (Å²) in [5.74, 6) is -0.755. The first-order valence-corrected chi connectivity index (χ1v) is 7.36. The van der Waals surface area contributed by atoms with E-state index in [1.165, 1.54) is 31.3 Å². The van der Waals surface area contributed by atoms with Gasteiger partial charge in [0.2, 0.25) is 5.91 Å². The van der Waals surface area contributed by atoms with E-state index in [0.717, 1.165) is 0 Å². The van der Waals surface area contributed by atoms with E-state index >= 15 is 0 Å². The molecule has 0 aliphatic heterocycles. The Kier molecular flexibility index (Phi) is 4.51. The van der Waals surface area contributed by atoms with E-state index in [2.05, 4.69) is 20.6 Å². The molecular formula is C17H14FN5O2. The number of aromatic nitrogens is 3. The van der Waals surface area contributed by atoms with Gasteiger partial charge >= 0.3 is 0 Å². The molecule has 0 saturated carbocycles. The fourth-order valence-electron chi connectivity index (χ4n) is 2.16. The van der Waals surface area contributed by atoms with Gasteiger partial charge in [-0.05, 0) is 30.3 Å². The third kappa shape index (κ3) is 3.86. The lowest BCUT2D eigenvalue weighted by Gasteiger charge is -2.09. The first kappa shape index (κ1) is 16.3. The van der Waals surface area contributed by atoms with Crippen LogP contribution in [0.1, 0.15) is 17.3 Å². The summed E-state index contributed by atoms with van der Waals surface area (Å²) in [6.07, 6.45) is 6.40. The molecule has 3 aromatic rings. The number of pyridine rings is 1. The second kappa shape index (κ2) is 6.91. The molecule has 2 N–H and O–H groups in total. The van der Waals surface area contributed by atoms with E-state index in [0.29, 0.717) is 17.1 Å². The molecule has 2 heterocycles. The normalized spacial score (nSPS) is 10.3. The van der Waals surface area contributed by atoms with Gasteiger partial charge in [0, 0.05) is 31.2 Å². The lowest BCUT2D eigenvalue weighted by molar-refractivity contribution is -0.114.